The number of fused-ring (bicyclic) bond motifs is 1. The number of ether oxygens (including phenoxy) is 3. The summed E-state index contributed by atoms with van der Waals surface area (Å²) >= 11 is 0. The molecule has 8 nitrogen and oxygen atoms in total. The Morgan fingerprint density at radius 1 is 0.630 bits per heavy atom. The maximum absolute atomic E-state index is 13.3. The maximum atomic E-state index is 13.3. The van der Waals surface area contributed by atoms with Gasteiger partial charge in [0.05, 0.1) is 30.5 Å². The van der Waals surface area contributed by atoms with Crippen LogP contribution in [-0.2, 0) is 0 Å². The van der Waals surface area contributed by atoms with Gasteiger partial charge in [0.2, 0.25) is 0 Å². The molecule has 3 aliphatic rings. The first-order chi connectivity index (χ1) is 26.6. The van der Waals surface area contributed by atoms with Gasteiger partial charge in [-0.1, -0.05) is 78.9 Å². The molecule has 5 aromatic carbocycles. The van der Waals surface area contributed by atoms with Crippen LogP contribution in [0.1, 0.15) is 75.8 Å². The highest BCUT2D eigenvalue weighted by Gasteiger charge is 2.37. The number of piperidine rings is 2. The Kier molecular flexibility index (Phi) is 12.3. The number of likely N-dealkylation sites (tertiary alicyclic amines) is 1. The molecule has 54 heavy (non-hydrogen) atoms. The van der Waals surface area contributed by atoms with E-state index in [1.165, 1.54) is 54.8 Å². The lowest BCUT2D eigenvalue weighted by Crippen LogP contribution is -2.34. The summed E-state index contributed by atoms with van der Waals surface area (Å²) in [6.45, 7) is 6.08. The SMILES string of the molecule is COc1cc(N2C(=O)c3ccc(Oc4ccccc4)cc3C2=O)ccc1OCCCN1CCC(c2ccccc2)CC1.c1ccc(C2CCNCC2)cc1. The summed E-state index contributed by atoms with van der Waals surface area (Å²) in [5.74, 6) is 2.86. The smallest absolute Gasteiger partial charge is 0.266 e. The molecule has 8 heteroatoms. The van der Waals surface area contributed by atoms with Crippen molar-refractivity contribution in [1.29, 1.82) is 0 Å². The van der Waals surface area contributed by atoms with Gasteiger partial charge in [0, 0.05) is 12.6 Å². The first-order valence-corrected chi connectivity index (χ1v) is 19.2. The standard InChI is InChI=1S/C35H34N2O5.C11H15N/c1-40-33-23-27(37-34(38)30-15-14-29(24-31(30)35(37)39)42-28-11-6-3-7-12-28)13-16-32(33)41-22-8-19-36-20-17-26(18-21-36)25-9-4-2-5-10-25;1-2-4-10(5-3-1)11-6-8-12-9-7-11/h2-7,9-16,23-24,26H,8,17-22H2,1H3;1-5,11-12H,6-9H2. The molecule has 0 atom stereocenters. The van der Waals surface area contributed by atoms with Crippen molar-refractivity contribution >= 4 is 17.5 Å². The van der Waals surface area contributed by atoms with Gasteiger partial charge in [-0.05, 0) is 124 Å². The molecule has 5 aromatic rings. The molecular formula is C46H49N3O5. The van der Waals surface area contributed by atoms with E-state index in [0.29, 0.717) is 52.3 Å². The van der Waals surface area contributed by atoms with Crippen molar-refractivity contribution in [3.05, 3.63) is 150 Å². The van der Waals surface area contributed by atoms with Crippen LogP contribution in [0.4, 0.5) is 5.69 Å². The molecule has 0 spiro atoms. The fourth-order valence-corrected chi connectivity index (χ4v) is 7.62. The Labute approximate surface area is 318 Å². The zero-order valence-corrected chi connectivity index (χ0v) is 31.0. The second kappa shape index (κ2) is 18.1. The molecule has 3 aliphatic heterocycles. The van der Waals surface area contributed by atoms with E-state index in [-0.39, 0.29) is 5.91 Å². The van der Waals surface area contributed by atoms with Crippen molar-refractivity contribution in [1.82, 2.24) is 10.2 Å². The van der Waals surface area contributed by atoms with E-state index >= 15 is 0 Å². The van der Waals surface area contributed by atoms with Crippen LogP contribution < -0.4 is 24.4 Å². The summed E-state index contributed by atoms with van der Waals surface area (Å²) in [7, 11) is 1.55. The first-order valence-electron chi connectivity index (χ1n) is 19.2. The number of carbonyl (C=O) groups excluding carboxylic acids is 2. The maximum Gasteiger partial charge on any atom is 0.266 e. The Bertz CT molecular complexity index is 1970. The summed E-state index contributed by atoms with van der Waals surface area (Å²) in [5.41, 5.74) is 4.03. The van der Waals surface area contributed by atoms with Crippen molar-refractivity contribution in [2.75, 3.05) is 51.3 Å². The topological polar surface area (TPSA) is 80.3 Å². The van der Waals surface area contributed by atoms with Crippen LogP contribution in [-0.4, -0.2) is 63.2 Å². The summed E-state index contributed by atoms with van der Waals surface area (Å²) in [6, 6.07) is 41.0. The van der Waals surface area contributed by atoms with E-state index in [0.717, 1.165) is 32.0 Å². The molecule has 2 saturated heterocycles. The third kappa shape index (κ3) is 9.01. The molecule has 2 fully saturated rings. The highest BCUT2D eigenvalue weighted by molar-refractivity contribution is 6.34. The molecule has 0 bridgehead atoms. The van der Waals surface area contributed by atoms with E-state index in [9.17, 15) is 9.59 Å². The lowest BCUT2D eigenvalue weighted by molar-refractivity contribution is 0.0926. The lowest BCUT2D eigenvalue weighted by atomic mass is 9.89. The fraction of sp³-hybridized carbons (Fsp3) is 0.304. The minimum absolute atomic E-state index is 0.306. The number of imide groups is 1. The number of nitrogens with one attached hydrogen (secondary N) is 1. The minimum atomic E-state index is -0.403. The number of hydrogen-bond acceptors (Lipinski definition) is 7. The Morgan fingerprint density at radius 2 is 1.24 bits per heavy atom. The number of hydrogen-bond donors (Lipinski definition) is 1. The van der Waals surface area contributed by atoms with E-state index in [2.05, 4.69) is 70.9 Å². The molecule has 8 rings (SSSR count). The molecular weight excluding hydrogens is 675 g/mol. The molecule has 0 aliphatic carbocycles. The summed E-state index contributed by atoms with van der Waals surface area (Å²) in [6.07, 6.45) is 5.85. The van der Waals surface area contributed by atoms with Gasteiger partial charge >= 0.3 is 0 Å². The van der Waals surface area contributed by atoms with Gasteiger partial charge in [-0.2, -0.15) is 0 Å². The highest BCUT2D eigenvalue weighted by Crippen LogP contribution is 2.37. The molecule has 278 valence electrons. The van der Waals surface area contributed by atoms with Crippen LogP contribution in [0.15, 0.2) is 127 Å². The molecule has 0 aromatic heterocycles. The van der Waals surface area contributed by atoms with Crippen LogP contribution in [0.2, 0.25) is 0 Å². The van der Waals surface area contributed by atoms with Crippen LogP contribution in [0.5, 0.6) is 23.0 Å². The fourth-order valence-electron chi connectivity index (χ4n) is 7.62. The number of carbonyl (C=O) groups is 2. The van der Waals surface area contributed by atoms with Crippen LogP contribution in [0.3, 0.4) is 0 Å². The highest BCUT2D eigenvalue weighted by atomic mass is 16.5. The number of methoxy groups -OCH3 is 1. The van der Waals surface area contributed by atoms with E-state index in [1.807, 2.05) is 30.3 Å². The van der Waals surface area contributed by atoms with Gasteiger partial charge in [0.1, 0.15) is 11.5 Å². The Balaban J connectivity index is 0.000000317. The largest absolute Gasteiger partial charge is 0.493 e. The normalized spacial score (nSPS) is 16.4. The zero-order chi connectivity index (χ0) is 37.1. The second-order valence-corrected chi connectivity index (χ2v) is 14.1. The number of benzene rings is 5. The Hall–Kier alpha value is -5.44. The summed E-state index contributed by atoms with van der Waals surface area (Å²) in [5, 5.41) is 3.38. The van der Waals surface area contributed by atoms with Crippen molar-refractivity contribution in [3.8, 4) is 23.0 Å². The predicted octanol–water partition coefficient (Wildman–Crippen LogP) is 9.09. The number of amides is 2. The number of rotatable bonds is 11. The van der Waals surface area contributed by atoms with E-state index in [4.69, 9.17) is 14.2 Å². The van der Waals surface area contributed by atoms with Gasteiger partial charge in [0.25, 0.3) is 11.8 Å². The number of para-hydroxylation sites is 1. The van der Waals surface area contributed by atoms with Gasteiger partial charge in [-0.25, -0.2) is 4.90 Å². The van der Waals surface area contributed by atoms with Crippen molar-refractivity contribution < 1.29 is 23.8 Å². The monoisotopic (exact) mass is 723 g/mol. The summed E-state index contributed by atoms with van der Waals surface area (Å²) < 4.78 is 17.5. The average Bonchev–Trinajstić information content (AvgIpc) is 3.49. The third-order valence-corrected chi connectivity index (χ3v) is 10.6. The number of anilines is 1. The van der Waals surface area contributed by atoms with Gasteiger partial charge < -0.3 is 24.4 Å². The number of nitrogens with zero attached hydrogens (tertiary/aromatic N) is 2. The van der Waals surface area contributed by atoms with Crippen molar-refractivity contribution in [3.63, 3.8) is 0 Å². The van der Waals surface area contributed by atoms with E-state index < -0.39 is 5.91 Å². The average molecular weight is 724 g/mol. The third-order valence-electron chi connectivity index (χ3n) is 10.6. The quantitative estimate of drug-likeness (QED) is 0.108. The van der Waals surface area contributed by atoms with Gasteiger partial charge in [-0.3, -0.25) is 9.59 Å². The van der Waals surface area contributed by atoms with Crippen molar-refractivity contribution in [2.45, 2.75) is 43.9 Å². The molecule has 2 amide bonds. The van der Waals surface area contributed by atoms with Crippen molar-refractivity contribution in [2.24, 2.45) is 0 Å². The predicted molar refractivity (Wildman–Crippen MR) is 213 cm³/mol. The molecule has 1 N–H and O–H groups in total. The lowest BCUT2D eigenvalue weighted by Gasteiger charge is -2.32. The zero-order valence-electron chi connectivity index (χ0n) is 31.0. The van der Waals surface area contributed by atoms with E-state index in [1.54, 1.807) is 43.5 Å². The minimum Gasteiger partial charge on any atom is -0.493 e. The first kappa shape index (κ1) is 36.9. The van der Waals surface area contributed by atoms with Gasteiger partial charge in [0.15, 0.2) is 11.5 Å². The van der Waals surface area contributed by atoms with Crippen LogP contribution in [0, 0.1) is 0 Å². The van der Waals surface area contributed by atoms with Crippen LogP contribution in [0.25, 0.3) is 0 Å². The molecule has 0 saturated carbocycles. The molecule has 0 radical (unpaired) electrons. The van der Waals surface area contributed by atoms with Crippen LogP contribution >= 0.6 is 0 Å². The summed E-state index contributed by atoms with van der Waals surface area (Å²) in [4.78, 5) is 30.2. The Morgan fingerprint density at radius 3 is 1.89 bits per heavy atom. The van der Waals surface area contributed by atoms with Gasteiger partial charge in [-0.15, -0.1) is 0 Å². The molecule has 3 heterocycles. The molecule has 0 unspecified atom stereocenters. The second-order valence-electron chi connectivity index (χ2n) is 14.1.